The number of ether oxygens (including phenoxy) is 1. The molecule has 3 aliphatic rings. The first-order valence-electron chi connectivity index (χ1n) is 11.0. The lowest BCUT2D eigenvalue weighted by molar-refractivity contribution is -0.134. The molecule has 2 heterocycles. The Labute approximate surface area is 167 Å². The van der Waals surface area contributed by atoms with Crippen molar-refractivity contribution in [2.75, 3.05) is 25.0 Å². The van der Waals surface area contributed by atoms with Crippen molar-refractivity contribution in [2.24, 2.45) is 5.41 Å². The van der Waals surface area contributed by atoms with E-state index >= 15 is 0 Å². The van der Waals surface area contributed by atoms with E-state index < -0.39 is 0 Å². The molecule has 0 unspecified atom stereocenters. The highest BCUT2D eigenvalue weighted by atomic mass is 16.5. The van der Waals surface area contributed by atoms with Crippen molar-refractivity contribution in [3.05, 3.63) is 23.8 Å². The fourth-order valence-electron chi connectivity index (χ4n) is 5.05. The van der Waals surface area contributed by atoms with E-state index in [9.17, 15) is 9.59 Å². The Morgan fingerprint density at radius 3 is 2.64 bits per heavy atom. The summed E-state index contributed by atoms with van der Waals surface area (Å²) in [5, 5.41) is 2.88. The molecule has 1 saturated heterocycles. The van der Waals surface area contributed by atoms with Gasteiger partial charge in [0.25, 0.3) is 0 Å². The molecule has 0 radical (unpaired) electrons. The number of aryl methyl sites for hydroxylation is 1. The summed E-state index contributed by atoms with van der Waals surface area (Å²) in [4.78, 5) is 26.0. The number of benzene rings is 1. The molecule has 1 aromatic carbocycles. The summed E-state index contributed by atoms with van der Waals surface area (Å²) in [6.07, 6.45) is 11.9. The van der Waals surface area contributed by atoms with Crippen molar-refractivity contribution in [3.8, 4) is 5.75 Å². The normalized spacial score (nSPS) is 21.1. The summed E-state index contributed by atoms with van der Waals surface area (Å²) in [5.41, 5.74) is 2.56. The average molecular weight is 385 g/mol. The minimum absolute atomic E-state index is 0.0757. The van der Waals surface area contributed by atoms with E-state index in [0.717, 1.165) is 42.9 Å². The van der Waals surface area contributed by atoms with Crippen LogP contribution >= 0.6 is 0 Å². The van der Waals surface area contributed by atoms with Gasteiger partial charge in [-0.05, 0) is 67.7 Å². The molecule has 2 amide bonds. The zero-order valence-electron chi connectivity index (χ0n) is 16.8. The number of carbonyl (C=O) groups is 2. The largest absolute Gasteiger partial charge is 0.494 e. The van der Waals surface area contributed by atoms with Gasteiger partial charge in [0.05, 0.1) is 6.61 Å². The average Bonchev–Trinajstić information content (AvgIpc) is 2.72. The Morgan fingerprint density at radius 1 is 1.07 bits per heavy atom. The quantitative estimate of drug-likeness (QED) is 0.770. The Kier molecular flexibility index (Phi) is 5.88. The predicted molar refractivity (Wildman–Crippen MR) is 109 cm³/mol. The summed E-state index contributed by atoms with van der Waals surface area (Å²) in [5.74, 6) is 1.17. The number of anilines is 1. The minimum Gasteiger partial charge on any atom is -0.494 e. The van der Waals surface area contributed by atoms with Crippen LogP contribution in [-0.4, -0.2) is 36.4 Å². The molecule has 1 aliphatic carbocycles. The third-order valence-corrected chi connectivity index (χ3v) is 6.87. The first-order valence-corrected chi connectivity index (χ1v) is 11.0. The summed E-state index contributed by atoms with van der Waals surface area (Å²) in [6, 6.07) is 5.80. The van der Waals surface area contributed by atoms with E-state index in [0.29, 0.717) is 24.9 Å². The van der Waals surface area contributed by atoms with Gasteiger partial charge in [0.15, 0.2) is 0 Å². The number of hydrogen-bond acceptors (Lipinski definition) is 3. The second-order valence-corrected chi connectivity index (χ2v) is 8.76. The molecule has 28 heavy (non-hydrogen) atoms. The molecular formula is C23H32N2O3. The van der Waals surface area contributed by atoms with Gasteiger partial charge in [0.2, 0.25) is 11.8 Å². The topological polar surface area (TPSA) is 58.6 Å². The van der Waals surface area contributed by atoms with Gasteiger partial charge in [0.1, 0.15) is 5.75 Å². The predicted octanol–water partition coefficient (Wildman–Crippen LogP) is 4.30. The van der Waals surface area contributed by atoms with Gasteiger partial charge in [-0.15, -0.1) is 0 Å². The number of amides is 2. The first kappa shape index (κ1) is 19.3. The third kappa shape index (κ3) is 4.50. The van der Waals surface area contributed by atoms with E-state index in [4.69, 9.17) is 4.74 Å². The fraction of sp³-hybridized carbons (Fsp3) is 0.652. The number of nitrogens with one attached hydrogen (secondary N) is 1. The van der Waals surface area contributed by atoms with Crippen molar-refractivity contribution >= 4 is 17.5 Å². The number of fused-ring (bicyclic) bond motifs is 1. The second-order valence-electron chi connectivity index (χ2n) is 8.76. The van der Waals surface area contributed by atoms with Crippen LogP contribution in [0.5, 0.6) is 5.75 Å². The lowest BCUT2D eigenvalue weighted by atomic mass is 9.68. The van der Waals surface area contributed by atoms with Gasteiger partial charge in [-0.3, -0.25) is 9.59 Å². The third-order valence-electron chi connectivity index (χ3n) is 6.87. The summed E-state index contributed by atoms with van der Waals surface area (Å²) in [6.45, 7) is 2.43. The molecule has 0 aromatic heterocycles. The van der Waals surface area contributed by atoms with Crippen LogP contribution in [-0.2, 0) is 16.0 Å². The lowest BCUT2D eigenvalue weighted by Crippen LogP contribution is -2.43. The maximum absolute atomic E-state index is 12.5. The molecule has 2 fully saturated rings. The number of hydrogen-bond donors (Lipinski definition) is 1. The van der Waals surface area contributed by atoms with Crippen molar-refractivity contribution < 1.29 is 14.3 Å². The zero-order valence-corrected chi connectivity index (χ0v) is 16.8. The van der Waals surface area contributed by atoms with Crippen LogP contribution in [0.25, 0.3) is 0 Å². The van der Waals surface area contributed by atoms with Crippen molar-refractivity contribution in [2.45, 2.75) is 70.6 Å². The Morgan fingerprint density at radius 2 is 1.86 bits per heavy atom. The number of likely N-dealkylation sites (tertiary alicyclic amines) is 1. The van der Waals surface area contributed by atoms with Crippen LogP contribution in [0.4, 0.5) is 5.69 Å². The van der Waals surface area contributed by atoms with Crippen LogP contribution in [0.3, 0.4) is 0 Å². The highest BCUT2D eigenvalue weighted by Gasteiger charge is 2.36. The summed E-state index contributed by atoms with van der Waals surface area (Å²) < 4.78 is 5.84. The molecule has 4 rings (SSSR count). The molecule has 1 aromatic rings. The Balaban J connectivity index is 1.17. The maximum atomic E-state index is 12.5. The van der Waals surface area contributed by atoms with E-state index in [-0.39, 0.29) is 11.8 Å². The van der Waals surface area contributed by atoms with Crippen LogP contribution < -0.4 is 10.1 Å². The van der Waals surface area contributed by atoms with Crippen LogP contribution in [0, 0.1) is 5.41 Å². The molecule has 1 spiro atoms. The number of piperidine rings is 1. The van der Waals surface area contributed by atoms with Crippen LogP contribution in [0.2, 0.25) is 0 Å². The van der Waals surface area contributed by atoms with Crippen molar-refractivity contribution in [3.63, 3.8) is 0 Å². The summed E-state index contributed by atoms with van der Waals surface area (Å²) >= 11 is 0. The van der Waals surface area contributed by atoms with Gasteiger partial charge in [0, 0.05) is 31.6 Å². The number of nitrogens with zero attached hydrogens (tertiary/aromatic N) is 1. The van der Waals surface area contributed by atoms with Crippen LogP contribution in [0.1, 0.15) is 69.8 Å². The van der Waals surface area contributed by atoms with Gasteiger partial charge in [-0.2, -0.15) is 0 Å². The van der Waals surface area contributed by atoms with E-state index in [1.807, 2.05) is 18.2 Å². The number of carbonyl (C=O) groups excluding carboxylic acids is 2. The molecule has 5 heteroatoms. The van der Waals surface area contributed by atoms with E-state index in [1.165, 1.54) is 44.9 Å². The molecular weight excluding hydrogens is 352 g/mol. The molecule has 0 bridgehead atoms. The minimum atomic E-state index is 0.0757. The molecule has 5 nitrogen and oxygen atoms in total. The second kappa shape index (κ2) is 8.54. The highest BCUT2D eigenvalue weighted by Crippen LogP contribution is 2.44. The van der Waals surface area contributed by atoms with Crippen molar-refractivity contribution in [1.29, 1.82) is 0 Å². The lowest BCUT2D eigenvalue weighted by Gasteiger charge is -2.44. The van der Waals surface area contributed by atoms with Gasteiger partial charge < -0.3 is 15.0 Å². The molecule has 2 aliphatic heterocycles. The van der Waals surface area contributed by atoms with E-state index in [1.54, 1.807) is 0 Å². The molecule has 152 valence electrons. The SMILES string of the molecule is O=C1CCc2cc(OCCCC(=O)N3CCC4(CCCCC4)CC3)ccc2N1. The highest BCUT2D eigenvalue weighted by molar-refractivity contribution is 5.94. The Bertz CT molecular complexity index is 715. The Hall–Kier alpha value is -2.04. The molecule has 1 N–H and O–H groups in total. The van der Waals surface area contributed by atoms with Gasteiger partial charge in [-0.25, -0.2) is 0 Å². The smallest absolute Gasteiger partial charge is 0.224 e. The van der Waals surface area contributed by atoms with E-state index in [2.05, 4.69) is 10.2 Å². The number of rotatable bonds is 5. The standard InChI is InChI=1S/C23H32N2O3/c26-21-9-6-18-17-19(7-8-20(18)24-21)28-16-4-5-22(27)25-14-12-23(13-15-25)10-2-1-3-11-23/h7-8,17H,1-6,9-16H2,(H,24,26). The van der Waals surface area contributed by atoms with Crippen LogP contribution in [0.15, 0.2) is 18.2 Å². The molecule has 0 atom stereocenters. The van der Waals surface area contributed by atoms with Gasteiger partial charge in [-0.1, -0.05) is 19.3 Å². The van der Waals surface area contributed by atoms with Gasteiger partial charge >= 0.3 is 0 Å². The summed E-state index contributed by atoms with van der Waals surface area (Å²) in [7, 11) is 0. The molecule has 1 saturated carbocycles. The zero-order chi connectivity index (χ0) is 19.4. The first-order chi connectivity index (χ1) is 13.6. The monoisotopic (exact) mass is 384 g/mol. The fourth-order valence-corrected chi connectivity index (χ4v) is 5.05. The van der Waals surface area contributed by atoms with Crippen molar-refractivity contribution in [1.82, 2.24) is 4.90 Å². The maximum Gasteiger partial charge on any atom is 0.224 e.